The van der Waals surface area contributed by atoms with Gasteiger partial charge in [-0.1, -0.05) is 20.4 Å². The predicted molar refractivity (Wildman–Crippen MR) is 50.3 cm³/mol. The largest absolute Gasteiger partial charge is 0.389 e. The molecule has 1 fully saturated rings. The summed E-state index contributed by atoms with van der Waals surface area (Å²) >= 11 is 0. The molecular formula is C10H18O3. The normalized spacial score (nSPS) is 35.5. The van der Waals surface area contributed by atoms with E-state index in [-0.39, 0.29) is 5.92 Å². The first-order chi connectivity index (χ1) is 5.99. The Morgan fingerprint density at radius 3 is 2.69 bits per heavy atom. The molecule has 0 radical (unpaired) electrons. The Morgan fingerprint density at radius 1 is 1.62 bits per heavy atom. The van der Waals surface area contributed by atoms with E-state index < -0.39 is 11.7 Å². The van der Waals surface area contributed by atoms with E-state index >= 15 is 0 Å². The van der Waals surface area contributed by atoms with Crippen LogP contribution in [-0.4, -0.2) is 22.1 Å². The molecule has 0 bridgehead atoms. The second-order valence-corrected chi connectivity index (χ2v) is 4.21. The molecule has 0 aromatic carbocycles. The lowest BCUT2D eigenvalue weighted by Gasteiger charge is -2.39. The van der Waals surface area contributed by atoms with E-state index in [1.165, 1.54) is 0 Å². The standard InChI is InChI=1S/C10H18O3/c1-7(2)10(11)5-4-8(3)9(6-10)13-12/h7,9,11-12H,3-6H2,1-2H3/t9-,10-/m0/s1. The molecule has 2 atom stereocenters. The molecule has 13 heavy (non-hydrogen) atoms. The predicted octanol–water partition coefficient (Wildman–Crippen LogP) is 1.97. The maximum absolute atomic E-state index is 10.1. The third kappa shape index (κ3) is 2.10. The molecule has 3 heteroatoms. The molecule has 0 unspecified atom stereocenters. The fraction of sp³-hybridized carbons (Fsp3) is 0.800. The highest BCUT2D eigenvalue weighted by Gasteiger charge is 2.39. The Morgan fingerprint density at radius 2 is 2.23 bits per heavy atom. The van der Waals surface area contributed by atoms with Gasteiger partial charge in [-0.3, -0.25) is 5.26 Å². The number of rotatable bonds is 2. The zero-order chi connectivity index (χ0) is 10.1. The van der Waals surface area contributed by atoms with Crippen molar-refractivity contribution >= 4 is 0 Å². The summed E-state index contributed by atoms with van der Waals surface area (Å²) in [4.78, 5) is 4.29. The highest BCUT2D eigenvalue weighted by molar-refractivity contribution is 5.10. The van der Waals surface area contributed by atoms with Gasteiger partial charge in [0, 0.05) is 6.42 Å². The van der Waals surface area contributed by atoms with Crippen LogP contribution in [0.3, 0.4) is 0 Å². The van der Waals surface area contributed by atoms with E-state index in [9.17, 15) is 5.11 Å². The Labute approximate surface area is 79.0 Å². The van der Waals surface area contributed by atoms with E-state index in [1.54, 1.807) is 0 Å². The van der Waals surface area contributed by atoms with Crippen molar-refractivity contribution in [2.45, 2.75) is 44.8 Å². The molecule has 1 rings (SSSR count). The molecule has 0 amide bonds. The van der Waals surface area contributed by atoms with E-state index in [0.29, 0.717) is 12.8 Å². The van der Waals surface area contributed by atoms with E-state index in [4.69, 9.17) is 5.26 Å². The van der Waals surface area contributed by atoms with Crippen molar-refractivity contribution in [3.63, 3.8) is 0 Å². The molecule has 0 aromatic heterocycles. The van der Waals surface area contributed by atoms with Gasteiger partial charge in [-0.2, -0.15) is 0 Å². The third-order valence-corrected chi connectivity index (χ3v) is 3.08. The molecule has 0 aromatic rings. The van der Waals surface area contributed by atoms with Crippen LogP contribution in [0.25, 0.3) is 0 Å². The molecule has 1 aliphatic rings. The summed E-state index contributed by atoms with van der Waals surface area (Å²) in [6, 6.07) is 0. The highest BCUT2D eigenvalue weighted by Crippen LogP contribution is 2.37. The maximum atomic E-state index is 10.1. The zero-order valence-electron chi connectivity index (χ0n) is 8.29. The molecule has 2 N–H and O–H groups in total. The molecule has 0 saturated heterocycles. The van der Waals surface area contributed by atoms with Crippen LogP contribution in [0.5, 0.6) is 0 Å². The molecule has 1 aliphatic carbocycles. The third-order valence-electron chi connectivity index (χ3n) is 3.08. The molecule has 3 nitrogen and oxygen atoms in total. The van der Waals surface area contributed by atoms with Crippen LogP contribution in [0, 0.1) is 5.92 Å². The minimum atomic E-state index is -0.714. The molecule has 0 spiro atoms. The first-order valence-electron chi connectivity index (χ1n) is 4.70. The lowest BCUT2D eigenvalue weighted by Crippen LogP contribution is -2.43. The highest BCUT2D eigenvalue weighted by atomic mass is 17.1. The second-order valence-electron chi connectivity index (χ2n) is 4.21. The van der Waals surface area contributed by atoms with Crippen LogP contribution < -0.4 is 0 Å². The molecule has 1 saturated carbocycles. The Bertz CT molecular complexity index is 200. The van der Waals surface area contributed by atoms with E-state index in [0.717, 1.165) is 12.0 Å². The number of aliphatic hydroxyl groups is 1. The Balaban J connectivity index is 2.69. The van der Waals surface area contributed by atoms with E-state index in [1.807, 2.05) is 13.8 Å². The number of hydrogen-bond acceptors (Lipinski definition) is 3. The summed E-state index contributed by atoms with van der Waals surface area (Å²) in [7, 11) is 0. The van der Waals surface area contributed by atoms with Crippen molar-refractivity contribution in [3.05, 3.63) is 12.2 Å². The van der Waals surface area contributed by atoms with Gasteiger partial charge in [-0.05, 0) is 24.3 Å². The van der Waals surface area contributed by atoms with Crippen molar-refractivity contribution < 1.29 is 15.3 Å². The molecular weight excluding hydrogens is 168 g/mol. The summed E-state index contributed by atoms with van der Waals surface area (Å²) in [5.74, 6) is 0.179. The first-order valence-corrected chi connectivity index (χ1v) is 4.70. The van der Waals surface area contributed by atoms with Gasteiger partial charge in [0.05, 0.1) is 5.60 Å². The van der Waals surface area contributed by atoms with Crippen molar-refractivity contribution in [2.24, 2.45) is 5.92 Å². The van der Waals surface area contributed by atoms with Crippen molar-refractivity contribution in [1.82, 2.24) is 0 Å². The minimum absolute atomic E-state index is 0.179. The molecule has 0 aliphatic heterocycles. The van der Waals surface area contributed by atoms with Gasteiger partial charge in [0.15, 0.2) is 0 Å². The Kier molecular flexibility index (Phi) is 3.11. The first kappa shape index (κ1) is 10.7. The van der Waals surface area contributed by atoms with Crippen LogP contribution in [0.2, 0.25) is 0 Å². The molecule has 76 valence electrons. The van der Waals surface area contributed by atoms with Gasteiger partial charge < -0.3 is 5.11 Å². The van der Waals surface area contributed by atoms with Gasteiger partial charge in [0.1, 0.15) is 6.10 Å². The summed E-state index contributed by atoms with van der Waals surface area (Å²) in [6.07, 6.45) is 1.48. The van der Waals surface area contributed by atoms with Crippen molar-refractivity contribution in [3.8, 4) is 0 Å². The SMILES string of the molecule is C=C1CC[C@@](O)(C(C)C)C[C@@H]1OO. The van der Waals surface area contributed by atoms with Crippen LogP contribution in [0.15, 0.2) is 12.2 Å². The van der Waals surface area contributed by atoms with Gasteiger partial charge in [0.2, 0.25) is 0 Å². The summed E-state index contributed by atoms with van der Waals surface area (Å²) in [6.45, 7) is 7.74. The quantitative estimate of drug-likeness (QED) is 0.394. The zero-order valence-corrected chi connectivity index (χ0v) is 8.29. The topological polar surface area (TPSA) is 49.7 Å². The van der Waals surface area contributed by atoms with Gasteiger partial charge >= 0.3 is 0 Å². The summed E-state index contributed by atoms with van der Waals surface area (Å²) in [5.41, 5.74) is 0.155. The average Bonchev–Trinajstić information content (AvgIpc) is 2.09. The van der Waals surface area contributed by atoms with Gasteiger partial charge in [-0.25, -0.2) is 4.89 Å². The van der Waals surface area contributed by atoms with Crippen LogP contribution in [0.4, 0.5) is 0 Å². The minimum Gasteiger partial charge on any atom is -0.389 e. The average molecular weight is 186 g/mol. The Hall–Kier alpha value is -0.380. The second kappa shape index (κ2) is 3.78. The lowest BCUT2D eigenvalue weighted by atomic mass is 9.74. The van der Waals surface area contributed by atoms with Crippen LogP contribution in [-0.2, 0) is 4.89 Å². The lowest BCUT2D eigenvalue weighted by molar-refractivity contribution is -0.283. The van der Waals surface area contributed by atoms with Gasteiger partial charge in [0.25, 0.3) is 0 Å². The van der Waals surface area contributed by atoms with Gasteiger partial charge in [-0.15, -0.1) is 0 Å². The smallest absolute Gasteiger partial charge is 0.116 e. The summed E-state index contributed by atoms with van der Waals surface area (Å²) < 4.78 is 0. The van der Waals surface area contributed by atoms with Crippen LogP contribution in [0.1, 0.15) is 33.1 Å². The van der Waals surface area contributed by atoms with E-state index in [2.05, 4.69) is 11.5 Å². The number of hydrogen-bond donors (Lipinski definition) is 2. The van der Waals surface area contributed by atoms with Crippen LogP contribution >= 0.6 is 0 Å². The fourth-order valence-corrected chi connectivity index (χ4v) is 1.74. The fourth-order valence-electron chi connectivity index (χ4n) is 1.74. The monoisotopic (exact) mass is 186 g/mol. The molecule has 0 heterocycles. The summed E-state index contributed by atoms with van der Waals surface area (Å²) in [5, 5.41) is 18.7. The van der Waals surface area contributed by atoms with Crippen molar-refractivity contribution in [2.75, 3.05) is 0 Å². The maximum Gasteiger partial charge on any atom is 0.116 e. The van der Waals surface area contributed by atoms with Crippen molar-refractivity contribution in [1.29, 1.82) is 0 Å².